The van der Waals surface area contributed by atoms with Crippen LogP contribution in [0.3, 0.4) is 0 Å². The van der Waals surface area contributed by atoms with E-state index in [2.05, 4.69) is 10.6 Å². The lowest BCUT2D eigenvalue weighted by atomic mass is 10.1. The first-order valence-electron chi connectivity index (χ1n) is 8.75. The fraction of sp³-hybridized carbons (Fsp3) is 0.350. The Morgan fingerprint density at radius 2 is 1.85 bits per heavy atom. The Hall–Kier alpha value is -2.73. The highest BCUT2D eigenvalue weighted by Gasteiger charge is 2.06. The number of urea groups is 1. The number of benzene rings is 2. The summed E-state index contributed by atoms with van der Waals surface area (Å²) in [6, 6.07) is 13.5. The summed E-state index contributed by atoms with van der Waals surface area (Å²) in [5.74, 6) is 1.43. The lowest BCUT2D eigenvalue weighted by molar-refractivity contribution is 0.240. The highest BCUT2D eigenvalue weighted by molar-refractivity contribution is 5.73. The quantitative estimate of drug-likeness (QED) is 0.644. The zero-order chi connectivity index (χ0) is 18.8. The molecule has 0 aliphatic rings. The monoisotopic (exact) mass is 357 g/mol. The van der Waals surface area contributed by atoms with Gasteiger partial charge < -0.3 is 25.8 Å². The van der Waals surface area contributed by atoms with Crippen molar-refractivity contribution in [3.63, 3.8) is 0 Å². The smallest absolute Gasteiger partial charge is 0.315 e. The standard InChI is InChI=1S/C20H27N3O3/c1-3-26-18-8-7-15(12-19(18)25-2)9-10-22-20(24)23-14-17-6-4-5-16(11-17)13-21/h4-8,11-12H,3,9-10,13-14,21H2,1-2H3,(H2,22,23,24). The first kappa shape index (κ1) is 19.6. The molecule has 0 saturated heterocycles. The zero-order valence-electron chi connectivity index (χ0n) is 15.4. The molecule has 0 saturated carbocycles. The molecule has 0 atom stereocenters. The molecule has 0 aliphatic carbocycles. The van der Waals surface area contributed by atoms with Gasteiger partial charge in [0.15, 0.2) is 11.5 Å². The minimum absolute atomic E-state index is 0.193. The van der Waals surface area contributed by atoms with Gasteiger partial charge in [-0.3, -0.25) is 0 Å². The SMILES string of the molecule is CCOc1ccc(CCNC(=O)NCc2cccc(CN)c2)cc1OC. The van der Waals surface area contributed by atoms with Crippen molar-refractivity contribution in [1.82, 2.24) is 10.6 Å². The van der Waals surface area contributed by atoms with Gasteiger partial charge in [-0.25, -0.2) is 4.79 Å². The number of ether oxygens (including phenoxy) is 2. The fourth-order valence-corrected chi connectivity index (χ4v) is 2.57. The van der Waals surface area contributed by atoms with E-state index < -0.39 is 0 Å². The molecule has 2 aromatic rings. The fourth-order valence-electron chi connectivity index (χ4n) is 2.57. The van der Waals surface area contributed by atoms with Crippen LogP contribution in [-0.4, -0.2) is 26.3 Å². The summed E-state index contributed by atoms with van der Waals surface area (Å²) < 4.78 is 10.8. The molecule has 2 amide bonds. The van der Waals surface area contributed by atoms with Crippen LogP contribution in [0, 0.1) is 0 Å². The molecule has 0 unspecified atom stereocenters. The molecular formula is C20H27N3O3. The topological polar surface area (TPSA) is 85.6 Å². The summed E-state index contributed by atoms with van der Waals surface area (Å²) in [4.78, 5) is 11.9. The van der Waals surface area contributed by atoms with Crippen molar-refractivity contribution in [2.45, 2.75) is 26.4 Å². The van der Waals surface area contributed by atoms with Crippen molar-refractivity contribution in [3.05, 3.63) is 59.2 Å². The minimum atomic E-state index is -0.193. The van der Waals surface area contributed by atoms with E-state index in [0.717, 1.165) is 22.4 Å². The maximum Gasteiger partial charge on any atom is 0.315 e. The predicted molar refractivity (Wildman–Crippen MR) is 102 cm³/mol. The maximum atomic E-state index is 11.9. The van der Waals surface area contributed by atoms with Crippen molar-refractivity contribution in [1.29, 1.82) is 0 Å². The van der Waals surface area contributed by atoms with Crippen molar-refractivity contribution in [2.75, 3.05) is 20.3 Å². The first-order valence-corrected chi connectivity index (χ1v) is 8.75. The van der Waals surface area contributed by atoms with E-state index in [-0.39, 0.29) is 6.03 Å². The van der Waals surface area contributed by atoms with Gasteiger partial charge in [0, 0.05) is 19.6 Å². The molecule has 2 rings (SSSR count). The lowest BCUT2D eigenvalue weighted by Gasteiger charge is -2.12. The van der Waals surface area contributed by atoms with E-state index in [1.807, 2.05) is 49.4 Å². The average molecular weight is 357 g/mol. The van der Waals surface area contributed by atoms with Gasteiger partial charge in [0.2, 0.25) is 0 Å². The Labute approximate surface area is 154 Å². The van der Waals surface area contributed by atoms with Crippen LogP contribution in [0.25, 0.3) is 0 Å². The highest BCUT2D eigenvalue weighted by atomic mass is 16.5. The maximum absolute atomic E-state index is 11.9. The largest absolute Gasteiger partial charge is 0.493 e. The Morgan fingerprint density at radius 3 is 2.58 bits per heavy atom. The summed E-state index contributed by atoms with van der Waals surface area (Å²) in [5, 5.41) is 5.71. The zero-order valence-corrected chi connectivity index (χ0v) is 15.4. The second-order valence-electron chi connectivity index (χ2n) is 5.80. The van der Waals surface area contributed by atoms with Crippen molar-refractivity contribution < 1.29 is 14.3 Å². The number of hydrogen-bond acceptors (Lipinski definition) is 4. The molecule has 0 radical (unpaired) electrons. The molecule has 26 heavy (non-hydrogen) atoms. The molecule has 6 nitrogen and oxygen atoms in total. The van der Waals surface area contributed by atoms with Crippen LogP contribution in [0.4, 0.5) is 4.79 Å². The number of nitrogens with one attached hydrogen (secondary N) is 2. The summed E-state index contributed by atoms with van der Waals surface area (Å²) in [7, 11) is 1.62. The Morgan fingerprint density at radius 1 is 1.04 bits per heavy atom. The van der Waals surface area contributed by atoms with Gasteiger partial charge in [-0.2, -0.15) is 0 Å². The molecule has 0 fully saturated rings. The molecule has 0 bridgehead atoms. The van der Waals surface area contributed by atoms with Gasteiger partial charge in [0.05, 0.1) is 13.7 Å². The second kappa shape index (κ2) is 10.3. The van der Waals surface area contributed by atoms with E-state index in [0.29, 0.717) is 38.4 Å². The summed E-state index contributed by atoms with van der Waals surface area (Å²) in [6.07, 6.45) is 0.707. The lowest BCUT2D eigenvalue weighted by Crippen LogP contribution is -2.36. The molecule has 2 aromatic carbocycles. The van der Waals surface area contributed by atoms with Crippen LogP contribution in [0.5, 0.6) is 11.5 Å². The number of amides is 2. The van der Waals surface area contributed by atoms with Gasteiger partial charge in [-0.05, 0) is 42.2 Å². The van der Waals surface area contributed by atoms with Gasteiger partial charge in [-0.15, -0.1) is 0 Å². The van der Waals surface area contributed by atoms with E-state index in [4.69, 9.17) is 15.2 Å². The Balaban J connectivity index is 1.77. The second-order valence-corrected chi connectivity index (χ2v) is 5.80. The predicted octanol–water partition coefficient (Wildman–Crippen LogP) is 2.59. The summed E-state index contributed by atoms with van der Waals surface area (Å²) in [6.45, 7) is 4.02. The van der Waals surface area contributed by atoms with Crippen LogP contribution in [-0.2, 0) is 19.5 Å². The third-order valence-corrected chi connectivity index (χ3v) is 3.91. The molecule has 140 valence electrons. The molecule has 4 N–H and O–H groups in total. The van der Waals surface area contributed by atoms with Gasteiger partial charge in [0.1, 0.15) is 0 Å². The summed E-state index contributed by atoms with van der Waals surface area (Å²) >= 11 is 0. The number of methoxy groups -OCH3 is 1. The summed E-state index contributed by atoms with van der Waals surface area (Å²) in [5.41, 5.74) is 8.77. The first-order chi connectivity index (χ1) is 12.7. The van der Waals surface area contributed by atoms with Gasteiger partial charge >= 0.3 is 6.03 Å². The number of carbonyl (C=O) groups excluding carboxylic acids is 1. The minimum Gasteiger partial charge on any atom is -0.493 e. The van der Waals surface area contributed by atoms with Gasteiger partial charge in [-0.1, -0.05) is 30.3 Å². The molecule has 0 aromatic heterocycles. The highest BCUT2D eigenvalue weighted by Crippen LogP contribution is 2.28. The van der Waals surface area contributed by atoms with Crippen LogP contribution in [0.2, 0.25) is 0 Å². The molecule has 6 heteroatoms. The molecule has 0 heterocycles. The van der Waals surface area contributed by atoms with Crippen molar-refractivity contribution in [3.8, 4) is 11.5 Å². The van der Waals surface area contributed by atoms with Crippen LogP contribution in [0.1, 0.15) is 23.6 Å². The van der Waals surface area contributed by atoms with Crippen LogP contribution in [0.15, 0.2) is 42.5 Å². The Kier molecular flexibility index (Phi) is 7.76. The molecule has 0 spiro atoms. The molecular weight excluding hydrogens is 330 g/mol. The molecule has 0 aliphatic heterocycles. The third-order valence-electron chi connectivity index (χ3n) is 3.91. The van der Waals surface area contributed by atoms with E-state index in [1.54, 1.807) is 7.11 Å². The van der Waals surface area contributed by atoms with Crippen LogP contribution >= 0.6 is 0 Å². The van der Waals surface area contributed by atoms with Crippen molar-refractivity contribution >= 4 is 6.03 Å². The number of carbonyl (C=O) groups is 1. The number of nitrogens with two attached hydrogens (primary N) is 1. The van der Waals surface area contributed by atoms with E-state index in [1.165, 1.54) is 0 Å². The normalized spacial score (nSPS) is 10.3. The number of hydrogen-bond donors (Lipinski definition) is 3. The number of rotatable bonds is 9. The average Bonchev–Trinajstić information content (AvgIpc) is 2.67. The van der Waals surface area contributed by atoms with E-state index in [9.17, 15) is 4.79 Å². The van der Waals surface area contributed by atoms with Crippen molar-refractivity contribution in [2.24, 2.45) is 5.73 Å². The van der Waals surface area contributed by atoms with Gasteiger partial charge in [0.25, 0.3) is 0 Å². The third kappa shape index (κ3) is 5.97. The van der Waals surface area contributed by atoms with Crippen LogP contribution < -0.4 is 25.8 Å². The van der Waals surface area contributed by atoms with E-state index >= 15 is 0 Å². The Bertz CT molecular complexity index is 719.